The summed E-state index contributed by atoms with van der Waals surface area (Å²) < 4.78 is 2.21. The molecule has 0 amide bonds. The monoisotopic (exact) mass is 267 g/mol. The average molecular weight is 267 g/mol. The highest BCUT2D eigenvalue weighted by molar-refractivity contribution is 5.98. The average Bonchev–Trinajstić information content (AvgIpc) is 2.89. The molecule has 0 spiro atoms. The molecule has 0 saturated heterocycles. The summed E-state index contributed by atoms with van der Waals surface area (Å²) in [4.78, 5) is 11.8. The first-order valence-corrected chi connectivity index (χ1v) is 7.59. The third-order valence-corrected chi connectivity index (χ3v) is 4.09. The Morgan fingerprint density at radius 3 is 2.65 bits per heavy atom. The van der Waals surface area contributed by atoms with E-state index in [0.717, 1.165) is 44.2 Å². The number of aryl methyl sites for hydroxylation is 3. The van der Waals surface area contributed by atoms with E-state index in [2.05, 4.69) is 47.3 Å². The summed E-state index contributed by atoms with van der Waals surface area (Å²) in [5.41, 5.74) is 3.64. The number of rotatable bonds is 5. The molecule has 0 fully saturated rings. The summed E-state index contributed by atoms with van der Waals surface area (Å²) in [6.07, 6.45) is 10.5. The zero-order valence-electron chi connectivity index (χ0n) is 11.8. The number of fused-ring (bicyclic) bond motifs is 1. The van der Waals surface area contributed by atoms with Gasteiger partial charge in [0.2, 0.25) is 0 Å². The maximum absolute atomic E-state index is 11.8. The van der Waals surface area contributed by atoms with Gasteiger partial charge < -0.3 is 4.57 Å². The van der Waals surface area contributed by atoms with Crippen LogP contribution in [0.5, 0.6) is 0 Å². The lowest BCUT2D eigenvalue weighted by Crippen LogP contribution is -2.07. The van der Waals surface area contributed by atoms with Crippen molar-refractivity contribution < 1.29 is 4.79 Å². The van der Waals surface area contributed by atoms with Crippen molar-refractivity contribution >= 4 is 5.78 Å². The molecule has 1 aliphatic rings. The van der Waals surface area contributed by atoms with Gasteiger partial charge in [-0.1, -0.05) is 30.3 Å². The molecule has 1 aromatic carbocycles. The van der Waals surface area contributed by atoms with Crippen LogP contribution in [-0.2, 0) is 19.4 Å². The van der Waals surface area contributed by atoms with Crippen molar-refractivity contribution in [3.63, 3.8) is 0 Å². The highest BCUT2D eigenvalue weighted by Gasteiger charge is 2.18. The highest BCUT2D eigenvalue weighted by Crippen LogP contribution is 2.22. The molecule has 0 aliphatic heterocycles. The lowest BCUT2D eigenvalue weighted by atomic mass is 9.95. The van der Waals surface area contributed by atoms with Crippen LogP contribution in [0.3, 0.4) is 0 Å². The molecule has 1 aromatic heterocycles. The summed E-state index contributed by atoms with van der Waals surface area (Å²) in [5.74, 6) is 0.328. The minimum absolute atomic E-state index is 0.328. The van der Waals surface area contributed by atoms with Crippen LogP contribution in [0.15, 0.2) is 42.7 Å². The van der Waals surface area contributed by atoms with E-state index >= 15 is 0 Å². The van der Waals surface area contributed by atoms with Gasteiger partial charge in [-0.05, 0) is 43.2 Å². The Bertz CT molecular complexity index is 583. The number of ketones is 1. The number of unbranched alkanes of at least 4 members (excludes halogenated alkanes) is 1. The number of hydrogen-bond donors (Lipinski definition) is 0. The van der Waals surface area contributed by atoms with Crippen LogP contribution in [-0.4, -0.2) is 10.4 Å². The number of carbonyl (C=O) groups excluding carboxylic acids is 1. The number of Topliss-reactive ketones (excluding diaryl/α,β-unsaturated/α-hetero) is 1. The molecule has 2 heteroatoms. The van der Waals surface area contributed by atoms with E-state index in [4.69, 9.17) is 0 Å². The normalized spacial score (nSPS) is 14.3. The van der Waals surface area contributed by atoms with Crippen molar-refractivity contribution in [2.75, 3.05) is 0 Å². The molecule has 0 saturated carbocycles. The summed E-state index contributed by atoms with van der Waals surface area (Å²) >= 11 is 0. The predicted molar refractivity (Wildman–Crippen MR) is 81.1 cm³/mol. The molecule has 0 radical (unpaired) electrons. The molecule has 0 unspecified atom stereocenters. The fourth-order valence-electron chi connectivity index (χ4n) is 2.98. The van der Waals surface area contributed by atoms with Crippen molar-refractivity contribution in [1.82, 2.24) is 4.57 Å². The number of carbonyl (C=O) groups is 1. The van der Waals surface area contributed by atoms with Gasteiger partial charge in [-0.2, -0.15) is 0 Å². The minimum atomic E-state index is 0.328. The van der Waals surface area contributed by atoms with Crippen molar-refractivity contribution in [2.45, 2.75) is 45.1 Å². The van der Waals surface area contributed by atoms with Crippen molar-refractivity contribution in [3.05, 3.63) is 59.4 Å². The van der Waals surface area contributed by atoms with Gasteiger partial charge >= 0.3 is 0 Å². The molecule has 1 heterocycles. The van der Waals surface area contributed by atoms with Gasteiger partial charge in [0.05, 0.1) is 0 Å². The van der Waals surface area contributed by atoms with Crippen LogP contribution in [0.1, 0.15) is 47.2 Å². The van der Waals surface area contributed by atoms with Gasteiger partial charge in [0.25, 0.3) is 0 Å². The smallest absolute Gasteiger partial charge is 0.164 e. The molecular formula is C18H21NO. The van der Waals surface area contributed by atoms with Crippen molar-refractivity contribution in [3.8, 4) is 0 Å². The molecule has 2 nitrogen and oxygen atoms in total. The van der Waals surface area contributed by atoms with Gasteiger partial charge in [-0.25, -0.2) is 0 Å². The second kappa shape index (κ2) is 6.08. The fraction of sp³-hybridized carbons (Fsp3) is 0.389. The standard InChI is InChI=1S/C18H21NO/c20-18-11-6-10-16-13-19(14-17(16)18)12-5-4-9-15-7-2-1-3-8-15/h1-3,7-8,13-14H,4-6,9-12H2. The third-order valence-electron chi connectivity index (χ3n) is 4.09. The summed E-state index contributed by atoms with van der Waals surface area (Å²) in [6.45, 7) is 1.02. The van der Waals surface area contributed by atoms with Gasteiger partial charge in [-0.15, -0.1) is 0 Å². The van der Waals surface area contributed by atoms with Crippen LogP contribution in [0.25, 0.3) is 0 Å². The first-order chi connectivity index (χ1) is 9.83. The molecule has 2 aromatic rings. The quantitative estimate of drug-likeness (QED) is 0.750. The molecule has 104 valence electrons. The summed E-state index contributed by atoms with van der Waals surface area (Å²) in [5, 5.41) is 0. The number of aromatic nitrogens is 1. The Balaban J connectivity index is 1.51. The largest absolute Gasteiger partial charge is 0.353 e. The topological polar surface area (TPSA) is 22.0 Å². The molecule has 0 bridgehead atoms. The van der Waals surface area contributed by atoms with Gasteiger partial charge in [-0.3, -0.25) is 4.79 Å². The second-order valence-corrected chi connectivity index (χ2v) is 5.65. The van der Waals surface area contributed by atoms with E-state index in [1.807, 2.05) is 0 Å². The van der Waals surface area contributed by atoms with E-state index in [9.17, 15) is 4.79 Å². The highest BCUT2D eigenvalue weighted by atomic mass is 16.1. The van der Waals surface area contributed by atoms with Crippen LogP contribution in [0.2, 0.25) is 0 Å². The van der Waals surface area contributed by atoms with Crippen LogP contribution >= 0.6 is 0 Å². The van der Waals surface area contributed by atoms with Gasteiger partial charge in [0.1, 0.15) is 0 Å². The zero-order chi connectivity index (χ0) is 13.8. The maximum atomic E-state index is 11.8. The number of nitrogens with zero attached hydrogens (tertiary/aromatic N) is 1. The Kier molecular flexibility index (Phi) is 4.00. The number of benzene rings is 1. The lowest BCUT2D eigenvalue weighted by Gasteiger charge is -2.07. The third kappa shape index (κ3) is 3.01. The Labute approximate surface area is 120 Å². The predicted octanol–water partition coefficient (Wildman–Crippen LogP) is 4.03. The molecule has 0 atom stereocenters. The zero-order valence-corrected chi connectivity index (χ0v) is 11.8. The van der Waals surface area contributed by atoms with Crippen molar-refractivity contribution in [2.24, 2.45) is 0 Å². The first kappa shape index (κ1) is 13.2. The van der Waals surface area contributed by atoms with E-state index in [1.165, 1.54) is 17.5 Å². The first-order valence-electron chi connectivity index (χ1n) is 7.59. The van der Waals surface area contributed by atoms with Gasteiger partial charge in [0, 0.05) is 30.9 Å². The second-order valence-electron chi connectivity index (χ2n) is 5.65. The fourth-order valence-corrected chi connectivity index (χ4v) is 2.98. The molecule has 3 rings (SSSR count). The number of hydrogen-bond acceptors (Lipinski definition) is 1. The SMILES string of the molecule is O=C1CCCc2cn(CCCCc3ccccc3)cc21. The van der Waals surface area contributed by atoms with E-state index in [0.29, 0.717) is 5.78 Å². The van der Waals surface area contributed by atoms with Crippen LogP contribution in [0, 0.1) is 0 Å². The van der Waals surface area contributed by atoms with Crippen LogP contribution in [0.4, 0.5) is 0 Å². The molecule has 20 heavy (non-hydrogen) atoms. The Morgan fingerprint density at radius 2 is 1.85 bits per heavy atom. The summed E-state index contributed by atoms with van der Waals surface area (Å²) in [6, 6.07) is 10.6. The van der Waals surface area contributed by atoms with E-state index in [1.54, 1.807) is 0 Å². The minimum Gasteiger partial charge on any atom is -0.353 e. The van der Waals surface area contributed by atoms with Gasteiger partial charge in [0.15, 0.2) is 5.78 Å². The Morgan fingerprint density at radius 1 is 1.00 bits per heavy atom. The molecule has 1 aliphatic carbocycles. The summed E-state index contributed by atoms with van der Waals surface area (Å²) in [7, 11) is 0. The van der Waals surface area contributed by atoms with Crippen LogP contribution < -0.4 is 0 Å². The van der Waals surface area contributed by atoms with Crippen molar-refractivity contribution in [1.29, 1.82) is 0 Å². The maximum Gasteiger partial charge on any atom is 0.164 e. The molecule has 0 N–H and O–H groups in total. The molecular weight excluding hydrogens is 246 g/mol. The van der Waals surface area contributed by atoms with E-state index in [-0.39, 0.29) is 0 Å². The van der Waals surface area contributed by atoms with E-state index < -0.39 is 0 Å². The Hall–Kier alpha value is -1.83. The lowest BCUT2D eigenvalue weighted by molar-refractivity contribution is 0.0973.